The molecule has 1 unspecified atom stereocenters. The molecule has 0 N–H and O–H groups in total. The van der Waals surface area contributed by atoms with Gasteiger partial charge in [-0.15, -0.1) is 0 Å². The minimum Gasteiger partial charge on any atom is -0.496 e. The van der Waals surface area contributed by atoms with E-state index >= 15 is 0 Å². The Bertz CT molecular complexity index is 665. The van der Waals surface area contributed by atoms with Crippen LogP contribution in [0, 0.1) is 11.3 Å². The molecule has 0 fully saturated rings. The molecule has 0 amide bonds. The van der Waals surface area contributed by atoms with E-state index in [1.807, 2.05) is 6.07 Å². The van der Waals surface area contributed by atoms with E-state index in [1.54, 1.807) is 30.3 Å². The molecule has 1 aromatic carbocycles. The number of hydrogen-bond acceptors (Lipinski definition) is 4. The average Bonchev–Trinajstić information content (AvgIpc) is 2.49. The van der Waals surface area contributed by atoms with Crippen LogP contribution in [0.25, 0.3) is 0 Å². The van der Waals surface area contributed by atoms with Gasteiger partial charge in [-0.05, 0) is 30.3 Å². The first-order valence-electron chi connectivity index (χ1n) is 5.84. The van der Waals surface area contributed by atoms with Crippen molar-refractivity contribution in [1.29, 1.82) is 5.26 Å². The lowest BCUT2D eigenvalue weighted by Crippen LogP contribution is -2.12. The largest absolute Gasteiger partial charge is 0.496 e. The fraction of sp³-hybridized carbons (Fsp3) is 0.133. The Morgan fingerprint density at radius 2 is 2.05 bits per heavy atom. The molecule has 0 radical (unpaired) electrons. The van der Waals surface area contributed by atoms with Gasteiger partial charge in [0.05, 0.1) is 13.2 Å². The van der Waals surface area contributed by atoms with Gasteiger partial charge in [-0.25, -0.2) is 0 Å². The average molecular weight is 287 g/mol. The summed E-state index contributed by atoms with van der Waals surface area (Å²) in [4.78, 5) is 16.3. The number of ketones is 1. The number of Topliss-reactive ketones (excluding diaryl/α,β-unsaturated/α-hetero) is 1. The molecule has 0 saturated heterocycles. The smallest absolute Gasteiger partial charge is 0.184 e. The maximum atomic E-state index is 12.4. The van der Waals surface area contributed by atoms with Gasteiger partial charge in [0, 0.05) is 28.5 Å². The van der Waals surface area contributed by atoms with Crippen molar-refractivity contribution >= 4 is 17.4 Å². The first kappa shape index (κ1) is 14.0. The number of ether oxygens (including phenoxy) is 1. The Kier molecular flexibility index (Phi) is 4.34. The van der Waals surface area contributed by atoms with Gasteiger partial charge >= 0.3 is 0 Å². The molecule has 100 valence electrons. The highest BCUT2D eigenvalue weighted by Gasteiger charge is 2.25. The molecule has 0 saturated carbocycles. The molecule has 1 aromatic heterocycles. The topological polar surface area (TPSA) is 63.0 Å². The van der Waals surface area contributed by atoms with Crippen molar-refractivity contribution in [2.45, 2.75) is 5.92 Å². The molecule has 0 aliphatic heterocycles. The zero-order valence-electron chi connectivity index (χ0n) is 10.7. The molecule has 5 heteroatoms. The normalized spacial score (nSPS) is 11.4. The van der Waals surface area contributed by atoms with Crippen molar-refractivity contribution in [2.24, 2.45) is 0 Å². The predicted octanol–water partition coefficient (Wildman–Crippen LogP) is 3.23. The quantitative estimate of drug-likeness (QED) is 0.810. The van der Waals surface area contributed by atoms with Gasteiger partial charge in [-0.1, -0.05) is 11.6 Å². The molecule has 1 atom stereocenters. The SMILES string of the molecule is COc1ccc(Cl)cc1C(C#N)C(=O)c1ccncc1. The summed E-state index contributed by atoms with van der Waals surface area (Å²) in [5.41, 5.74) is 0.887. The van der Waals surface area contributed by atoms with Gasteiger partial charge in [0.1, 0.15) is 11.7 Å². The second-order valence-electron chi connectivity index (χ2n) is 4.05. The molecule has 2 rings (SSSR count). The number of methoxy groups -OCH3 is 1. The number of nitrogens with zero attached hydrogens (tertiary/aromatic N) is 2. The van der Waals surface area contributed by atoms with Gasteiger partial charge in [0.15, 0.2) is 5.78 Å². The third kappa shape index (κ3) is 2.79. The number of carbonyl (C=O) groups excluding carboxylic acids is 1. The molecule has 0 bridgehead atoms. The summed E-state index contributed by atoms with van der Waals surface area (Å²) in [5.74, 6) is -0.815. The number of hydrogen-bond donors (Lipinski definition) is 0. The molecular weight excluding hydrogens is 276 g/mol. The minimum atomic E-state index is -0.967. The summed E-state index contributed by atoms with van der Waals surface area (Å²) in [6, 6.07) is 10.0. The van der Waals surface area contributed by atoms with Crippen LogP contribution >= 0.6 is 11.6 Å². The summed E-state index contributed by atoms with van der Waals surface area (Å²) in [5, 5.41) is 9.78. The van der Waals surface area contributed by atoms with Crippen molar-refractivity contribution < 1.29 is 9.53 Å². The zero-order chi connectivity index (χ0) is 14.5. The highest BCUT2D eigenvalue weighted by Crippen LogP contribution is 2.31. The molecule has 4 nitrogen and oxygen atoms in total. The van der Waals surface area contributed by atoms with Gasteiger partial charge in [-0.3, -0.25) is 9.78 Å². The third-order valence-corrected chi connectivity index (χ3v) is 3.09. The monoisotopic (exact) mass is 286 g/mol. The fourth-order valence-corrected chi connectivity index (χ4v) is 2.06. The number of pyridine rings is 1. The van der Waals surface area contributed by atoms with Crippen LogP contribution in [0.5, 0.6) is 5.75 Å². The second-order valence-corrected chi connectivity index (χ2v) is 4.48. The van der Waals surface area contributed by atoms with Crippen molar-refractivity contribution in [2.75, 3.05) is 7.11 Å². The third-order valence-electron chi connectivity index (χ3n) is 2.86. The predicted molar refractivity (Wildman–Crippen MR) is 74.9 cm³/mol. The molecule has 2 aromatic rings. The van der Waals surface area contributed by atoms with Crippen LogP contribution in [-0.4, -0.2) is 17.9 Å². The van der Waals surface area contributed by atoms with Gasteiger partial charge in [-0.2, -0.15) is 5.26 Å². The van der Waals surface area contributed by atoms with Crippen LogP contribution in [0.2, 0.25) is 5.02 Å². The van der Waals surface area contributed by atoms with Crippen LogP contribution in [0.15, 0.2) is 42.7 Å². The molecule has 0 aliphatic rings. The van der Waals surface area contributed by atoms with E-state index in [2.05, 4.69) is 4.98 Å². The van der Waals surface area contributed by atoms with E-state index in [1.165, 1.54) is 19.5 Å². The maximum absolute atomic E-state index is 12.4. The molecule has 0 aliphatic carbocycles. The maximum Gasteiger partial charge on any atom is 0.184 e. The summed E-state index contributed by atoms with van der Waals surface area (Å²) in [6.07, 6.45) is 3.02. The van der Waals surface area contributed by atoms with Crippen LogP contribution in [0.3, 0.4) is 0 Å². The highest BCUT2D eigenvalue weighted by atomic mass is 35.5. The number of carbonyl (C=O) groups is 1. The standard InChI is InChI=1S/C15H11ClN2O2/c1-20-14-3-2-11(16)8-12(14)13(9-17)15(19)10-4-6-18-7-5-10/h2-8,13H,1H3. The lowest BCUT2D eigenvalue weighted by molar-refractivity contribution is 0.0977. The van der Waals surface area contributed by atoms with Gasteiger partial charge < -0.3 is 4.74 Å². The zero-order valence-corrected chi connectivity index (χ0v) is 11.5. The minimum absolute atomic E-state index is 0.310. The first-order chi connectivity index (χ1) is 9.67. The van der Waals surface area contributed by atoms with E-state index in [0.29, 0.717) is 21.9 Å². The van der Waals surface area contributed by atoms with Crippen LogP contribution in [0.1, 0.15) is 21.8 Å². The highest BCUT2D eigenvalue weighted by molar-refractivity contribution is 6.30. The number of benzene rings is 1. The Hall–Kier alpha value is -2.38. The van der Waals surface area contributed by atoms with E-state index in [4.69, 9.17) is 16.3 Å². The van der Waals surface area contributed by atoms with Crippen LogP contribution in [0.4, 0.5) is 0 Å². The van der Waals surface area contributed by atoms with Crippen molar-refractivity contribution in [3.8, 4) is 11.8 Å². The number of rotatable bonds is 4. The Morgan fingerprint density at radius 3 is 2.65 bits per heavy atom. The first-order valence-corrected chi connectivity index (χ1v) is 6.22. The van der Waals surface area contributed by atoms with Crippen LogP contribution < -0.4 is 4.74 Å². The number of nitriles is 1. The molecule has 1 heterocycles. The van der Waals surface area contributed by atoms with Crippen LogP contribution in [-0.2, 0) is 0 Å². The van der Waals surface area contributed by atoms with E-state index in [9.17, 15) is 10.1 Å². The second kappa shape index (κ2) is 6.18. The van der Waals surface area contributed by atoms with Crippen molar-refractivity contribution in [3.05, 3.63) is 58.9 Å². The Balaban J connectivity index is 2.46. The lowest BCUT2D eigenvalue weighted by atomic mass is 9.91. The summed E-state index contributed by atoms with van der Waals surface area (Å²) >= 11 is 5.94. The summed E-state index contributed by atoms with van der Waals surface area (Å²) < 4.78 is 5.19. The van der Waals surface area contributed by atoms with Crippen molar-refractivity contribution in [1.82, 2.24) is 4.98 Å². The lowest BCUT2D eigenvalue weighted by Gasteiger charge is -2.13. The summed E-state index contributed by atoms with van der Waals surface area (Å²) in [7, 11) is 1.48. The Morgan fingerprint density at radius 1 is 1.35 bits per heavy atom. The molecular formula is C15H11ClN2O2. The van der Waals surface area contributed by atoms with Gasteiger partial charge in [0.2, 0.25) is 0 Å². The molecule has 20 heavy (non-hydrogen) atoms. The number of halogens is 1. The van der Waals surface area contributed by atoms with Gasteiger partial charge in [0.25, 0.3) is 0 Å². The van der Waals surface area contributed by atoms with E-state index in [0.717, 1.165) is 0 Å². The Labute approximate surface area is 121 Å². The summed E-state index contributed by atoms with van der Waals surface area (Å²) in [6.45, 7) is 0. The molecule has 0 spiro atoms. The van der Waals surface area contributed by atoms with E-state index in [-0.39, 0.29) is 5.78 Å². The fourth-order valence-electron chi connectivity index (χ4n) is 1.88. The van der Waals surface area contributed by atoms with Crippen molar-refractivity contribution in [3.63, 3.8) is 0 Å². The number of aromatic nitrogens is 1. The van der Waals surface area contributed by atoms with E-state index < -0.39 is 5.92 Å².